The van der Waals surface area contributed by atoms with E-state index in [4.69, 9.17) is 5.79 Å². The molecule has 0 aliphatic carbocycles. The Kier molecular flexibility index (Phi) is 3.76. The first-order valence-corrected chi connectivity index (χ1v) is 9.94. The number of aryl methyl sites for hydroxylation is 2. The van der Waals surface area contributed by atoms with Crippen LogP contribution in [-0.2, 0) is 7.05 Å². The fourth-order valence-corrected chi connectivity index (χ4v) is 4.18. The van der Waals surface area contributed by atoms with E-state index in [0.717, 1.165) is 49.9 Å². The van der Waals surface area contributed by atoms with Gasteiger partial charge in [-0.1, -0.05) is 48.5 Å². The zero-order chi connectivity index (χ0) is 21.0. The molecule has 0 unspecified atom stereocenters. The second kappa shape index (κ2) is 6.59. The SMILES string of the molecule is [2H]c1cc(C)cc(-c2c(C)c(C)cc3c2oc2c(-c4ccccc4)cccc23)[n+]1C. The van der Waals surface area contributed by atoms with Crippen LogP contribution in [0.15, 0.2) is 77.3 Å². The Labute approximate surface area is 172 Å². The first-order chi connectivity index (χ1) is 14.5. The van der Waals surface area contributed by atoms with Gasteiger partial charge in [-0.15, -0.1) is 0 Å². The van der Waals surface area contributed by atoms with E-state index in [9.17, 15) is 0 Å². The molecule has 0 aliphatic heterocycles. The second-order valence-corrected chi connectivity index (χ2v) is 7.83. The van der Waals surface area contributed by atoms with Crippen molar-refractivity contribution in [3.63, 3.8) is 0 Å². The van der Waals surface area contributed by atoms with Crippen molar-refractivity contribution in [2.75, 3.05) is 0 Å². The summed E-state index contributed by atoms with van der Waals surface area (Å²) in [6, 6.07) is 23.0. The second-order valence-electron chi connectivity index (χ2n) is 7.83. The lowest BCUT2D eigenvalue weighted by atomic mass is 9.95. The number of nitrogens with zero attached hydrogens (tertiary/aromatic N) is 1. The Morgan fingerprint density at radius 1 is 0.828 bits per heavy atom. The molecule has 2 heterocycles. The lowest BCUT2D eigenvalue weighted by molar-refractivity contribution is -0.660. The van der Waals surface area contributed by atoms with Gasteiger partial charge in [-0.25, -0.2) is 4.57 Å². The lowest BCUT2D eigenvalue weighted by Gasteiger charge is -2.09. The molecule has 0 bridgehead atoms. The van der Waals surface area contributed by atoms with Crippen LogP contribution >= 0.6 is 0 Å². The molecule has 0 atom stereocenters. The van der Waals surface area contributed by atoms with Gasteiger partial charge < -0.3 is 4.42 Å². The molecule has 0 aliphatic rings. The zero-order valence-electron chi connectivity index (χ0n) is 18.2. The number of hydrogen-bond donors (Lipinski definition) is 0. The van der Waals surface area contributed by atoms with Crippen LogP contribution in [0.2, 0.25) is 0 Å². The van der Waals surface area contributed by atoms with Gasteiger partial charge in [0.15, 0.2) is 6.17 Å². The number of fused-ring (bicyclic) bond motifs is 3. The van der Waals surface area contributed by atoms with Crippen LogP contribution < -0.4 is 4.57 Å². The monoisotopic (exact) mass is 379 g/mol. The van der Waals surface area contributed by atoms with Gasteiger partial charge in [0.25, 0.3) is 0 Å². The highest BCUT2D eigenvalue weighted by Crippen LogP contribution is 2.41. The molecule has 0 amide bonds. The largest absolute Gasteiger partial charge is 0.454 e. The van der Waals surface area contributed by atoms with E-state index < -0.39 is 0 Å². The number of benzene rings is 3. The maximum Gasteiger partial charge on any atom is 0.216 e. The molecule has 0 N–H and O–H groups in total. The molecular weight excluding hydrogens is 354 g/mol. The van der Waals surface area contributed by atoms with Crippen molar-refractivity contribution in [2.45, 2.75) is 20.8 Å². The molecule has 2 nitrogen and oxygen atoms in total. The third-order valence-corrected chi connectivity index (χ3v) is 5.86. The highest BCUT2D eigenvalue weighted by Gasteiger charge is 2.23. The minimum absolute atomic E-state index is 0.486. The molecule has 29 heavy (non-hydrogen) atoms. The molecule has 5 aromatic rings. The molecule has 0 radical (unpaired) electrons. The Bertz CT molecular complexity index is 1430. The summed E-state index contributed by atoms with van der Waals surface area (Å²) in [5, 5.41) is 2.24. The van der Waals surface area contributed by atoms with Crippen LogP contribution in [0.3, 0.4) is 0 Å². The van der Waals surface area contributed by atoms with E-state index in [0.29, 0.717) is 6.17 Å². The van der Waals surface area contributed by atoms with Crippen molar-refractivity contribution >= 4 is 21.9 Å². The average molecular weight is 380 g/mol. The van der Waals surface area contributed by atoms with Crippen molar-refractivity contribution in [3.8, 4) is 22.4 Å². The predicted octanol–water partition coefficient (Wildman–Crippen LogP) is 6.67. The number of para-hydroxylation sites is 1. The number of pyridine rings is 1. The van der Waals surface area contributed by atoms with Crippen LogP contribution in [-0.4, -0.2) is 0 Å². The third-order valence-electron chi connectivity index (χ3n) is 5.86. The molecule has 142 valence electrons. The highest BCUT2D eigenvalue weighted by molar-refractivity contribution is 6.13. The van der Waals surface area contributed by atoms with E-state index in [1.165, 1.54) is 11.1 Å². The minimum atomic E-state index is 0.486. The maximum atomic E-state index is 8.37. The first-order valence-electron chi connectivity index (χ1n) is 10.4. The van der Waals surface area contributed by atoms with E-state index >= 15 is 0 Å². The van der Waals surface area contributed by atoms with Crippen molar-refractivity contribution in [2.24, 2.45) is 7.05 Å². The molecule has 2 heteroatoms. The number of furan rings is 1. The van der Waals surface area contributed by atoms with E-state index in [1.54, 1.807) is 0 Å². The molecule has 3 aromatic carbocycles. The molecule has 2 aromatic heterocycles. The summed E-state index contributed by atoms with van der Waals surface area (Å²) in [5.41, 5.74) is 9.59. The summed E-state index contributed by atoms with van der Waals surface area (Å²) in [6.07, 6.45) is 0.486. The summed E-state index contributed by atoms with van der Waals surface area (Å²) in [7, 11) is 1.95. The van der Waals surface area contributed by atoms with Crippen molar-refractivity contribution in [1.29, 1.82) is 0 Å². The minimum Gasteiger partial charge on any atom is -0.454 e. The molecule has 0 saturated carbocycles. The van der Waals surface area contributed by atoms with Gasteiger partial charge in [0.2, 0.25) is 5.69 Å². The van der Waals surface area contributed by atoms with E-state index in [1.807, 2.05) is 30.7 Å². The van der Waals surface area contributed by atoms with Crippen LogP contribution in [0.25, 0.3) is 44.3 Å². The van der Waals surface area contributed by atoms with Gasteiger partial charge in [0.05, 0.1) is 5.56 Å². The van der Waals surface area contributed by atoms with Crippen molar-refractivity contribution in [1.82, 2.24) is 0 Å². The maximum absolute atomic E-state index is 8.37. The standard InChI is InChI=1S/C27H24NO/c1-17-13-14-28(4)24(15-17)25-19(3)18(2)16-23-22-12-8-11-21(26(22)29-27(23)25)20-9-6-5-7-10-20/h5-16H,1-4H3/q+1/i14D. The van der Waals surface area contributed by atoms with Gasteiger partial charge in [0, 0.05) is 28.5 Å². The van der Waals surface area contributed by atoms with Crippen LogP contribution in [0, 0.1) is 20.8 Å². The topological polar surface area (TPSA) is 17.0 Å². The Balaban J connectivity index is 1.93. The van der Waals surface area contributed by atoms with Gasteiger partial charge in [-0.3, -0.25) is 0 Å². The third kappa shape index (κ3) is 2.75. The summed E-state index contributed by atoms with van der Waals surface area (Å²) in [6.45, 7) is 6.33. The first kappa shape index (κ1) is 16.6. The van der Waals surface area contributed by atoms with Crippen molar-refractivity contribution in [3.05, 3.63) is 89.6 Å². The van der Waals surface area contributed by atoms with E-state index in [-0.39, 0.29) is 0 Å². The smallest absolute Gasteiger partial charge is 0.216 e. The quantitative estimate of drug-likeness (QED) is 0.313. The molecular formula is C27H24NO+. The molecule has 0 saturated heterocycles. The molecule has 0 fully saturated rings. The number of rotatable bonds is 2. The van der Waals surface area contributed by atoms with Crippen molar-refractivity contribution < 1.29 is 10.4 Å². The molecule has 5 rings (SSSR count). The number of hydrogen-bond acceptors (Lipinski definition) is 1. The van der Waals surface area contributed by atoms with E-state index in [2.05, 4.69) is 68.4 Å². The lowest BCUT2D eigenvalue weighted by Crippen LogP contribution is -2.30. The van der Waals surface area contributed by atoms with Crippen LogP contribution in [0.5, 0.6) is 0 Å². The van der Waals surface area contributed by atoms with Gasteiger partial charge >= 0.3 is 0 Å². The fourth-order valence-electron chi connectivity index (χ4n) is 4.18. The Morgan fingerprint density at radius 3 is 2.41 bits per heavy atom. The average Bonchev–Trinajstić information content (AvgIpc) is 3.10. The zero-order valence-corrected chi connectivity index (χ0v) is 17.2. The van der Waals surface area contributed by atoms with Gasteiger partial charge in [-0.05, 0) is 49.1 Å². The predicted molar refractivity (Wildman–Crippen MR) is 120 cm³/mol. The summed E-state index contributed by atoms with van der Waals surface area (Å²) < 4.78 is 16.9. The Morgan fingerprint density at radius 2 is 1.62 bits per heavy atom. The van der Waals surface area contributed by atoms with Crippen LogP contribution in [0.1, 0.15) is 18.1 Å². The normalized spacial score (nSPS) is 11.9. The summed E-state index contributed by atoms with van der Waals surface area (Å²) >= 11 is 0. The Hall–Kier alpha value is -3.39. The van der Waals surface area contributed by atoms with Crippen LogP contribution in [0.4, 0.5) is 0 Å². The fraction of sp³-hybridized carbons (Fsp3) is 0.148. The van der Waals surface area contributed by atoms with Gasteiger partial charge in [-0.2, -0.15) is 0 Å². The summed E-state index contributed by atoms with van der Waals surface area (Å²) in [4.78, 5) is 0. The summed E-state index contributed by atoms with van der Waals surface area (Å²) in [5.74, 6) is 0. The number of aromatic nitrogens is 1. The molecule has 0 spiro atoms. The van der Waals surface area contributed by atoms with Gasteiger partial charge in [0.1, 0.15) is 19.6 Å². The highest BCUT2D eigenvalue weighted by atomic mass is 16.3.